The largest absolute Gasteiger partial charge is 0.358 e. The van der Waals surface area contributed by atoms with Crippen LogP contribution in [0, 0.1) is 5.82 Å². The van der Waals surface area contributed by atoms with Gasteiger partial charge >= 0.3 is 0 Å². The summed E-state index contributed by atoms with van der Waals surface area (Å²) >= 11 is 0. The molecule has 6 aromatic rings. The van der Waals surface area contributed by atoms with Gasteiger partial charge in [-0.3, -0.25) is 10.1 Å². The van der Waals surface area contributed by atoms with Gasteiger partial charge < -0.3 is 15.2 Å². The van der Waals surface area contributed by atoms with Crippen LogP contribution in [0.3, 0.4) is 0 Å². The summed E-state index contributed by atoms with van der Waals surface area (Å²) in [5.41, 5.74) is 8.66. The second-order valence-corrected chi connectivity index (χ2v) is 10.6. The fourth-order valence-electron chi connectivity index (χ4n) is 5.02. The van der Waals surface area contributed by atoms with E-state index in [0.29, 0.717) is 22.8 Å². The average molecular weight is 562 g/mol. The lowest BCUT2D eigenvalue weighted by Gasteiger charge is -2.10. The number of nitrogens with zero attached hydrogens (tertiary/aromatic N) is 6. The zero-order valence-electron chi connectivity index (χ0n) is 23.9. The molecule has 0 aliphatic carbocycles. The smallest absolute Gasteiger partial charge is 0.181 e. The summed E-state index contributed by atoms with van der Waals surface area (Å²) in [5.74, 6) is 0.310. The highest BCUT2D eigenvalue weighted by Crippen LogP contribution is 2.33. The number of nitrogens with one attached hydrogen (secondary N) is 3. The van der Waals surface area contributed by atoms with Gasteiger partial charge in [-0.2, -0.15) is 5.10 Å². The van der Waals surface area contributed by atoms with Crippen LogP contribution in [0.15, 0.2) is 73.5 Å². The van der Waals surface area contributed by atoms with Gasteiger partial charge in [-0.05, 0) is 81.4 Å². The summed E-state index contributed by atoms with van der Waals surface area (Å²) in [6.07, 6.45) is 9.61. The average Bonchev–Trinajstić information content (AvgIpc) is 3.60. The van der Waals surface area contributed by atoms with Crippen molar-refractivity contribution in [2.24, 2.45) is 0 Å². The number of allylic oxidation sites excluding steroid dienone is 1. The predicted octanol–water partition coefficient (Wildman–Crippen LogP) is 6.59. The molecule has 0 unspecified atom stereocenters. The molecule has 0 amide bonds. The lowest BCUT2D eigenvalue weighted by Crippen LogP contribution is -2.13. The molecule has 0 aliphatic heterocycles. The summed E-state index contributed by atoms with van der Waals surface area (Å²) in [6, 6.07) is 11.1. The number of imidazole rings is 1. The highest BCUT2D eigenvalue weighted by atomic mass is 19.1. The molecule has 0 bridgehead atoms. The third kappa shape index (κ3) is 5.61. The molecule has 0 spiro atoms. The van der Waals surface area contributed by atoms with Crippen molar-refractivity contribution in [1.29, 1.82) is 0 Å². The van der Waals surface area contributed by atoms with Crippen LogP contribution >= 0.6 is 0 Å². The Labute approximate surface area is 243 Å². The van der Waals surface area contributed by atoms with Gasteiger partial charge in [0.05, 0.1) is 22.8 Å². The number of aromatic nitrogens is 7. The summed E-state index contributed by atoms with van der Waals surface area (Å²) in [5, 5.41) is 11.6. The minimum atomic E-state index is -0.261. The number of rotatable bonds is 10. The number of H-pyrrole nitrogens is 2. The molecular weight excluding hydrogens is 529 g/mol. The summed E-state index contributed by atoms with van der Waals surface area (Å²) in [7, 11) is 4.08. The first-order chi connectivity index (χ1) is 20.4. The highest BCUT2D eigenvalue weighted by Gasteiger charge is 2.17. The van der Waals surface area contributed by atoms with Gasteiger partial charge in [0, 0.05) is 41.0 Å². The minimum absolute atomic E-state index is 0.261. The van der Waals surface area contributed by atoms with E-state index in [1.807, 2.05) is 45.3 Å². The van der Waals surface area contributed by atoms with Gasteiger partial charge in [0.1, 0.15) is 11.5 Å². The number of fused-ring (bicyclic) bond motifs is 2. The first-order valence-corrected chi connectivity index (χ1v) is 13.9. The van der Waals surface area contributed by atoms with E-state index in [4.69, 9.17) is 4.98 Å². The number of hydrogen-bond donors (Lipinski definition) is 3. The van der Waals surface area contributed by atoms with Crippen molar-refractivity contribution in [2.45, 2.75) is 26.2 Å². The third-order valence-corrected chi connectivity index (χ3v) is 7.20. The first-order valence-electron chi connectivity index (χ1n) is 13.9. The zero-order chi connectivity index (χ0) is 29.2. The molecule has 3 N–H and O–H groups in total. The molecule has 5 heterocycles. The van der Waals surface area contributed by atoms with E-state index in [9.17, 15) is 4.39 Å². The Balaban J connectivity index is 1.36. The SMILES string of the molecule is C=C(CC)Nc1cncc(-c2cnc3n[nH]c(-c4nc5nccc(-c6cc(F)cc(CCCN(C)C)c6)c5[nH]4)c3c2)c1. The quantitative estimate of drug-likeness (QED) is 0.173. The predicted molar refractivity (Wildman–Crippen MR) is 165 cm³/mol. The molecule has 0 aliphatic rings. The van der Waals surface area contributed by atoms with Crippen molar-refractivity contribution >= 4 is 27.9 Å². The molecule has 42 heavy (non-hydrogen) atoms. The Morgan fingerprint density at radius 3 is 2.69 bits per heavy atom. The minimum Gasteiger partial charge on any atom is -0.358 e. The van der Waals surface area contributed by atoms with Crippen LogP contribution in [0.1, 0.15) is 25.3 Å². The van der Waals surface area contributed by atoms with Gasteiger partial charge in [0.15, 0.2) is 17.1 Å². The fourth-order valence-corrected chi connectivity index (χ4v) is 5.02. The second kappa shape index (κ2) is 11.5. The standard InChI is InChI=1S/C32H32FN9/c1-5-19(2)37-25-14-22(16-34-18-25)23-15-27-29(40-41-30(27)36-17-23)32-38-28-26(8-9-35-31(28)39-32)21-11-20(12-24(33)13-21)7-6-10-42(3)4/h8-9,11-18,37H,2,5-7,10H2,1,3-4H3,(H,35,38,39)(H,36,40,41). The molecule has 0 radical (unpaired) electrons. The maximum absolute atomic E-state index is 14.7. The Hall–Kier alpha value is -4.96. The second-order valence-electron chi connectivity index (χ2n) is 10.6. The van der Waals surface area contributed by atoms with Crippen molar-refractivity contribution in [2.75, 3.05) is 26.0 Å². The maximum atomic E-state index is 14.7. The molecule has 212 valence electrons. The summed E-state index contributed by atoms with van der Waals surface area (Å²) < 4.78 is 14.7. The summed E-state index contributed by atoms with van der Waals surface area (Å²) in [4.78, 5) is 23.8. The van der Waals surface area contributed by atoms with Crippen molar-refractivity contribution in [1.82, 2.24) is 40.0 Å². The Morgan fingerprint density at radius 1 is 1.00 bits per heavy atom. The van der Waals surface area contributed by atoms with E-state index in [0.717, 1.165) is 75.9 Å². The van der Waals surface area contributed by atoms with E-state index in [1.54, 1.807) is 36.9 Å². The number of benzene rings is 1. The van der Waals surface area contributed by atoms with Gasteiger partial charge in [0.25, 0.3) is 0 Å². The van der Waals surface area contributed by atoms with Crippen LogP contribution in [-0.2, 0) is 6.42 Å². The molecular formula is C32H32FN9. The van der Waals surface area contributed by atoms with Crippen molar-refractivity contribution < 1.29 is 4.39 Å². The number of aryl methyl sites for hydroxylation is 1. The van der Waals surface area contributed by atoms with E-state index in [-0.39, 0.29) is 5.82 Å². The molecule has 0 saturated carbocycles. The van der Waals surface area contributed by atoms with E-state index < -0.39 is 0 Å². The number of halogens is 1. The Kier molecular flexibility index (Phi) is 7.45. The topological polar surface area (TPSA) is 111 Å². The first kappa shape index (κ1) is 27.2. The van der Waals surface area contributed by atoms with Gasteiger partial charge in [0.2, 0.25) is 0 Å². The Morgan fingerprint density at radius 2 is 1.86 bits per heavy atom. The molecule has 0 fully saturated rings. The van der Waals surface area contributed by atoms with Crippen LogP contribution in [-0.4, -0.2) is 60.7 Å². The van der Waals surface area contributed by atoms with Gasteiger partial charge in [-0.15, -0.1) is 0 Å². The molecule has 5 aromatic heterocycles. The van der Waals surface area contributed by atoms with Crippen LogP contribution in [0.5, 0.6) is 0 Å². The number of anilines is 1. The zero-order valence-corrected chi connectivity index (χ0v) is 23.9. The van der Waals surface area contributed by atoms with E-state index in [1.165, 1.54) is 0 Å². The highest BCUT2D eigenvalue weighted by molar-refractivity contribution is 5.96. The van der Waals surface area contributed by atoms with Crippen LogP contribution < -0.4 is 5.32 Å². The number of pyridine rings is 3. The lowest BCUT2D eigenvalue weighted by atomic mass is 10.0. The molecule has 9 nitrogen and oxygen atoms in total. The van der Waals surface area contributed by atoms with Crippen molar-refractivity contribution in [3.05, 3.63) is 84.8 Å². The number of aromatic amines is 2. The van der Waals surface area contributed by atoms with Crippen molar-refractivity contribution in [3.63, 3.8) is 0 Å². The van der Waals surface area contributed by atoms with Crippen LogP contribution in [0.25, 0.3) is 56.0 Å². The molecule has 10 heteroatoms. The van der Waals surface area contributed by atoms with Gasteiger partial charge in [-0.25, -0.2) is 19.3 Å². The molecule has 1 aromatic carbocycles. The van der Waals surface area contributed by atoms with E-state index >= 15 is 0 Å². The van der Waals surface area contributed by atoms with E-state index in [2.05, 4.69) is 46.9 Å². The molecule has 0 atom stereocenters. The summed E-state index contributed by atoms with van der Waals surface area (Å²) in [6.45, 7) is 7.01. The number of hydrogen-bond acceptors (Lipinski definition) is 7. The van der Waals surface area contributed by atoms with Gasteiger partial charge in [-0.1, -0.05) is 19.6 Å². The monoisotopic (exact) mass is 561 g/mol. The van der Waals surface area contributed by atoms with Crippen LogP contribution in [0.4, 0.5) is 10.1 Å². The third-order valence-electron chi connectivity index (χ3n) is 7.20. The Bertz CT molecular complexity index is 1900. The molecule has 0 saturated heterocycles. The maximum Gasteiger partial charge on any atom is 0.181 e. The van der Waals surface area contributed by atoms with Crippen molar-refractivity contribution in [3.8, 4) is 33.8 Å². The normalized spacial score (nSPS) is 11.5. The fraction of sp³-hybridized carbons (Fsp3) is 0.219. The molecule has 6 rings (SSSR count). The van der Waals surface area contributed by atoms with Crippen LogP contribution in [0.2, 0.25) is 0 Å². The lowest BCUT2D eigenvalue weighted by molar-refractivity contribution is 0.400.